The smallest absolute Gasteiger partial charge is 0.0407 e. The molecule has 1 nitrogen and oxygen atoms in total. The van der Waals surface area contributed by atoms with E-state index < -0.39 is 0 Å². The van der Waals surface area contributed by atoms with Crippen molar-refractivity contribution in [3.63, 3.8) is 0 Å². The second-order valence-electron chi connectivity index (χ2n) is 2.92. The van der Waals surface area contributed by atoms with Crippen LogP contribution in [-0.4, -0.2) is 0 Å². The molecule has 0 heterocycles. The Labute approximate surface area is 88.3 Å². The molecule has 0 spiro atoms. The Balaban J connectivity index is 2.16. The zero-order valence-corrected chi connectivity index (χ0v) is 8.25. The highest BCUT2D eigenvalue weighted by atomic mass is 35.5. The lowest BCUT2D eigenvalue weighted by Gasteiger charge is -2.05. The third kappa shape index (κ3) is 2.27. The van der Waals surface area contributed by atoms with Gasteiger partial charge in [-0.15, -0.1) is 0 Å². The lowest BCUT2D eigenvalue weighted by molar-refractivity contribution is 1.55. The molecule has 0 amide bonds. The standard InChI is InChI=1S/C12H9ClN/c13-10-6-8-12(9-7-10)14-11-4-2-1-3-5-11/h1-2,4-9,14H. The van der Waals surface area contributed by atoms with E-state index in [0.717, 1.165) is 16.4 Å². The van der Waals surface area contributed by atoms with Crippen molar-refractivity contribution in [2.75, 3.05) is 5.32 Å². The third-order valence-corrected chi connectivity index (χ3v) is 2.09. The minimum Gasteiger partial charge on any atom is -0.356 e. The molecule has 0 saturated carbocycles. The Morgan fingerprint density at radius 2 is 1.79 bits per heavy atom. The van der Waals surface area contributed by atoms with Gasteiger partial charge in [0.2, 0.25) is 0 Å². The summed E-state index contributed by atoms with van der Waals surface area (Å²) >= 11 is 5.78. The lowest BCUT2D eigenvalue weighted by Crippen LogP contribution is -1.88. The predicted molar refractivity (Wildman–Crippen MR) is 60.0 cm³/mol. The molecule has 0 atom stereocenters. The van der Waals surface area contributed by atoms with Gasteiger partial charge in [0.25, 0.3) is 0 Å². The van der Waals surface area contributed by atoms with Gasteiger partial charge in [-0.25, -0.2) is 0 Å². The number of halogens is 1. The fourth-order valence-electron chi connectivity index (χ4n) is 1.17. The first-order chi connectivity index (χ1) is 6.84. The molecule has 0 aliphatic rings. The predicted octanol–water partition coefficient (Wildman–Crippen LogP) is 3.88. The van der Waals surface area contributed by atoms with E-state index in [4.69, 9.17) is 11.6 Å². The van der Waals surface area contributed by atoms with Crippen LogP contribution in [0, 0.1) is 6.07 Å². The highest BCUT2D eigenvalue weighted by Crippen LogP contribution is 2.18. The number of hydrogen-bond donors (Lipinski definition) is 1. The van der Waals surface area contributed by atoms with Crippen LogP contribution in [0.15, 0.2) is 48.5 Å². The number of rotatable bonds is 2. The number of hydrogen-bond acceptors (Lipinski definition) is 1. The van der Waals surface area contributed by atoms with Gasteiger partial charge in [0.1, 0.15) is 0 Å². The van der Waals surface area contributed by atoms with Crippen LogP contribution >= 0.6 is 11.6 Å². The van der Waals surface area contributed by atoms with E-state index in [1.165, 1.54) is 0 Å². The van der Waals surface area contributed by atoms with Gasteiger partial charge >= 0.3 is 0 Å². The lowest BCUT2D eigenvalue weighted by atomic mass is 10.3. The van der Waals surface area contributed by atoms with Gasteiger partial charge in [-0.05, 0) is 42.5 Å². The summed E-state index contributed by atoms with van der Waals surface area (Å²) in [5.74, 6) is 0. The molecule has 2 aromatic rings. The normalized spacial score (nSPS) is 9.79. The molecule has 2 rings (SSSR count). The van der Waals surface area contributed by atoms with Crippen LogP contribution in [0.25, 0.3) is 0 Å². The van der Waals surface area contributed by atoms with Crippen LogP contribution < -0.4 is 5.32 Å². The molecule has 2 aromatic carbocycles. The fourth-order valence-corrected chi connectivity index (χ4v) is 1.30. The summed E-state index contributed by atoms with van der Waals surface area (Å²) in [5.41, 5.74) is 2.05. The molecule has 0 aromatic heterocycles. The molecule has 1 N–H and O–H groups in total. The van der Waals surface area contributed by atoms with Gasteiger partial charge in [0.15, 0.2) is 0 Å². The first kappa shape index (κ1) is 9.10. The summed E-state index contributed by atoms with van der Waals surface area (Å²) in [6, 6.07) is 18.3. The Kier molecular flexibility index (Phi) is 2.70. The van der Waals surface area contributed by atoms with Crippen LogP contribution in [0.4, 0.5) is 11.4 Å². The molecular formula is C12H9ClN. The first-order valence-electron chi connectivity index (χ1n) is 4.33. The maximum Gasteiger partial charge on any atom is 0.0407 e. The molecule has 2 heteroatoms. The number of nitrogens with one attached hydrogen (secondary N) is 1. The second-order valence-corrected chi connectivity index (χ2v) is 3.36. The highest BCUT2D eigenvalue weighted by molar-refractivity contribution is 6.30. The van der Waals surface area contributed by atoms with Gasteiger partial charge in [-0.2, -0.15) is 0 Å². The van der Waals surface area contributed by atoms with Crippen LogP contribution in [0.5, 0.6) is 0 Å². The van der Waals surface area contributed by atoms with Crippen LogP contribution in [0.2, 0.25) is 5.02 Å². The van der Waals surface area contributed by atoms with E-state index in [2.05, 4.69) is 11.4 Å². The zero-order chi connectivity index (χ0) is 9.80. The Morgan fingerprint density at radius 1 is 1.00 bits per heavy atom. The molecule has 1 radical (unpaired) electrons. The molecular weight excluding hydrogens is 194 g/mol. The summed E-state index contributed by atoms with van der Waals surface area (Å²) in [4.78, 5) is 0. The van der Waals surface area contributed by atoms with E-state index in [1.54, 1.807) is 0 Å². The average molecular weight is 203 g/mol. The molecule has 0 aliphatic heterocycles. The van der Waals surface area contributed by atoms with Crippen molar-refractivity contribution in [1.82, 2.24) is 0 Å². The second kappa shape index (κ2) is 4.16. The quantitative estimate of drug-likeness (QED) is 0.779. The van der Waals surface area contributed by atoms with Crippen molar-refractivity contribution in [3.8, 4) is 0 Å². The van der Waals surface area contributed by atoms with E-state index in [-0.39, 0.29) is 0 Å². The Bertz CT molecular complexity index is 394. The number of anilines is 2. The van der Waals surface area contributed by atoms with Crippen LogP contribution in [-0.2, 0) is 0 Å². The van der Waals surface area contributed by atoms with Crippen LogP contribution in [0.1, 0.15) is 0 Å². The topological polar surface area (TPSA) is 12.0 Å². The zero-order valence-electron chi connectivity index (χ0n) is 7.50. The molecule has 0 bridgehead atoms. The summed E-state index contributed by atoms with van der Waals surface area (Å²) in [7, 11) is 0. The minimum atomic E-state index is 0.746. The molecule has 0 fully saturated rings. The van der Waals surface area contributed by atoms with Crippen molar-refractivity contribution in [2.45, 2.75) is 0 Å². The third-order valence-electron chi connectivity index (χ3n) is 1.84. The van der Waals surface area contributed by atoms with Crippen molar-refractivity contribution in [1.29, 1.82) is 0 Å². The van der Waals surface area contributed by atoms with E-state index >= 15 is 0 Å². The fraction of sp³-hybridized carbons (Fsp3) is 0. The summed E-state index contributed by atoms with van der Waals surface area (Å²) in [5, 5.41) is 3.99. The van der Waals surface area contributed by atoms with Crippen LogP contribution in [0.3, 0.4) is 0 Å². The maximum absolute atomic E-state index is 5.78. The minimum absolute atomic E-state index is 0.746. The van der Waals surface area contributed by atoms with Gasteiger partial charge in [0.05, 0.1) is 0 Å². The number of benzene rings is 2. The molecule has 69 valence electrons. The SMILES string of the molecule is Clc1ccc(Nc2c[c]ccc2)cc1. The average Bonchev–Trinajstić information content (AvgIpc) is 2.23. The molecule has 0 saturated heterocycles. The highest BCUT2D eigenvalue weighted by Gasteiger charge is 1.92. The molecule has 14 heavy (non-hydrogen) atoms. The van der Waals surface area contributed by atoms with E-state index in [9.17, 15) is 0 Å². The van der Waals surface area contributed by atoms with Gasteiger partial charge in [-0.1, -0.05) is 23.7 Å². The van der Waals surface area contributed by atoms with Crippen molar-refractivity contribution in [3.05, 3.63) is 59.6 Å². The summed E-state index contributed by atoms with van der Waals surface area (Å²) < 4.78 is 0. The Hall–Kier alpha value is -1.47. The Morgan fingerprint density at radius 3 is 2.43 bits per heavy atom. The van der Waals surface area contributed by atoms with E-state index in [1.807, 2.05) is 48.5 Å². The monoisotopic (exact) mass is 202 g/mol. The molecule has 0 aliphatic carbocycles. The van der Waals surface area contributed by atoms with Crippen molar-refractivity contribution in [2.24, 2.45) is 0 Å². The van der Waals surface area contributed by atoms with Crippen molar-refractivity contribution < 1.29 is 0 Å². The maximum atomic E-state index is 5.78. The van der Waals surface area contributed by atoms with Gasteiger partial charge in [0, 0.05) is 16.4 Å². The van der Waals surface area contributed by atoms with Gasteiger partial charge < -0.3 is 5.32 Å². The van der Waals surface area contributed by atoms with E-state index in [0.29, 0.717) is 0 Å². The van der Waals surface area contributed by atoms with Crippen molar-refractivity contribution >= 4 is 23.0 Å². The molecule has 0 unspecified atom stereocenters. The first-order valence-corrected chi connectivity index (χ1v) is 4.71. The summed E-state index contributed by atoms with van der Waals surface area (Å²) in [6.07, 6.45) is 0. The largest absolute Gasteiger partial charge is 0.356 e. The summed E-state index contributed by atoms with van der Waals surface area (Å²) in [6.45, 7) is 0. The van der Waals surface area contributed by atoms with Gasteiger partial charge in [-0.3, -0.25) is 0 Å².